The van der Waals surface area contributed by atoms with Crippen LogP contribution in [-0.2, 0) is 12.8 Å². The molecule has 0 aliphatic carbocycles. The fourth-order valence-electron chi connectivity index (χ4n) is 3.83. The highest BCUT2D eigenvalue weighted by Crippen LogP contribution is 2.20. The summed E-state index contributed by atoms with van der Waals surface area (Å²) in [6, 6.07) is 16.1. The highest BCUT2D eigenvalue weighted by molar-refractivity contribution is 5.90. The quantitative estimate of drug-likeness (QED) is 0.201. The van der Waals surface area contributed by atoms with E-state index in [0.29, 0.717) is 5.56 Å². The number of esters is 1. The fraction of sp³-hybridized carbons (Fsp3) is 0.414. The van der Waals surface area contributed by atoms with E-state index in [-0.39, 0.29) is 5.88 Å². The average molecular weight is 445 g/mol. The Kier molecular flexibility index (Phi) is 10.1. The molecule has 0 radical (unpaired) electrons. The molecule has 0 saturated carbocycles. The van der Waals surface area contributed by atoms with Crippen molar-refractivity contribution in [3.63, 3.8) is 0 Å². The lowest BCUT2D eigenvalue weighted by Crippen LogP contribution is -2.09. The minimum Gasteiger partial charge on any atom is -0.402 e. The first-order valence-corrected chi connectivity index (χ1v) is 12.4. The van der Waals surface area contributed by atoms with E-state index >= 15 is 0 Å². The normalized spacial score (nSPS) is 10.8. The largest absolute Gasteiger partial charge is 0.402 e. The Balaban J connectivity index is 1.51. The highest BCUT2D eigenvalue weighted by atomic mass is 16.5. The summed E-state index contributed by atoms with van der Waals surface area (Å²) in [5.74, 6) is -0.207. The Morgan fingerprint density at radius 3 is 1.79 bits per heavy atom. The van der Waals surface area contributed by atoms with Crippen molar-refractivity contribution in [2.75, 3.05) is 0 Å². The molecule has 0 amide bonds. The standard InChI is InChI=1S/C29H36N2O2/c1-3-5-7-9-11-23-13-17-25(18-14-23)27-21-31-28(22-30-27)33-29(32)26-19-15-24(16-20-26)12-10-8-6-4-2/h13-22H,3-12H2,1-2H3. The molecule has 0 spiro atoms. The first kappa shape index (κ1) is 24.6. The molecule has 0 unspecified atom stereocenters. The molecule has 0 bridgehead atoms. The molecule has 3 rings (SSSR count). The van der Waals surface area contributed by atoms with Crippen molar-refractivity contribution in [1.82, 2.24) is 9.97 Å². The van der Waals surface area contributed by atoms with Crippen LogP contribution in [0.4, 0.5) is 0 Å². The van der Waals surface area contributed by atoms with Gasteiger partial charge in [0.05, 0.1) is 23.7 Å². The van der Waals surface area contributed by atoms with Crippen LogP contribution in [0.1, 0.15) is 86.7 Å². The second kappa shape index (κ2) is 13.5. The monoisotopic (exact) mass is 444 g/mol. The highest BCUT2D eigenvalue weighted by Gasteiger charge is 2.10. The number of unbranched alkanes of at least 4 members (excludes halogenated alkanes) is 6. The fourth-order valence-corrected chi connectivity index (χ4v) is 3.83. The smallest absolute Gasteiger partial charge is 0.344 e. The van der Waals surface area contributed by atoms with E-state index in [4.69, 9.17) is 4.74 Å². The molecule has 174 valence electrons. The topological polar surface area (TPSA) is 52.1 Å². The van der Waals surface area contributed by atoms with E-state index < -0.39 is 5.97 Å². The summed E-state index contributed by atoms with van der Waals surface area (Å²) in [6.07, 6.45) is 15.3. The third-order valence-corrected chi connectivity index (χ3v) is 5.90. The van der Waals surface area contributed by atoms with Gasteiger partial charge in [0.15, 0.2) is 0 Å². The second-order valence-corrected chi connectivity index (χ2v) is 8.64. The molecule has 0 saturated heterocycles. The zero-order chi connectivity index (χ0) is 23.3. The van der Waals surface area contributed by atoms with Crippen LogP contribution >= 0.6 is 0 Å². The Labute approximate surface area is 198 Å². The Bertz CT molecular complexity index is 964. The number of ether oxygens (including phenoxy) is 1. The number of carbonyl (C=O) groups excluding carboxylic acids is 1. The summed E-state index contributed by atoms with van der Waals surface area (Å²) >= 11 is 0. The van der Waals surface area contributed by atoms with Crippen molar-refractivity contribution in [3.05, 3.63) is 77.6 Å². The third-order valence-electron chi connectivity index (χ3n) is 5.90. The number of benzene rings is 2. The van der Waals surface area contributed by atoms with Crippen molar-refractivity contribution < 1.29 is 9.53 Å². The number of hydrogen-bond acceptors (Lipinski definition) is 4. The van der Waals surface area contributed by atoms with Crippen LogP contribution in [-0.4, -0.2) is 15.9 Å². The molecule has 2 aromatic carbocycles. The molecule has 33 heavy (non-hydrogen) atoms. The van der Waals surface area contributed by atoms with Gasteiger partial charge >= 0.3 is 5.97 Å². The van der Waals surface area contributed by atoms with Crippen LogP contribution in [0.2, 0.25) is 0 Å². The number of aryl methyl sites for hydroxylation is 2. The Hall–Kier alpha value is -3.01. The number of hydrogen-bond donors (Lipinski definition) is 0. The lowest BCUT2D eigenvalue weighted by Gasteiger charge is -2.07. The van der Waals surface area contributed by atoms with Crippen LogP contribution < -0.4 is 4.74 Å². The first-order valence-electron chi connectivity index (χ1n) is 12.4. The molecule has 0 fully saturated rings. The van der Waals surface area contributed by atoms with Crippen molar-refractivity contribution >= 4 is 5.97 Å². The van der Waals surface area contributed by atoms with E-state index in [9.17, 15) is 4.79 Å². The lowest BCUT2D eigenvalue weighted by molar-refractivity contribution is 0.0727. The second-order valence-electron chi connectivity index (χ2n) is 8.64. The maximum Gasteiger partial charge on any atom is 0.344 e. The summed E-state index contributed by atoms with van der Waals surface area (Å²) in [5, 5.41) is 0. The van der Waals surface area contributed by atoms with E-state index in [2.05, 4.69) is 48.1 Å². The molecule has 4 heteroatoms. The maximum atomic E-state index is 12.5. The van der Waals surface area contributed by atoms with Gasteiger partial charge < -0.3 is 4.74 Å². The van der Waals surface area contributed by atoms with Crippen molar-refractivity contribution in [2.45, 2.75) is 78.1 Å². The molecule has 1 heterocycles. The molecule has 0 N–H and O–H groups in total. The van der Waals surface area contributed by atoms with E-state index in [1.54, 1.807) is 6.20 Å². The average Bonchev–Trinajstić information content (AvgIpc) is 2.86. The summed E-state index contributed by atoms with van der Waals surface area (Å²) in [5.41, 5.74) is 4.89. The minimum absolute atomic E-state index is 0.208. The van der Waals surface area contributed by atoms with Gasteiger partial charge in [0.25, 0.3) is 0 Å². The number of rotatable bonds is 13. The predicted octanol–water partition coefficient (Wildman–Crippen LogP) is 7.61. The number of carbonyl (C=O) groups is 1. The van der Waals surface area contributed by atoms with Crippen LogP contribution in [0.15, 0.2) is 60.9 Å². The summed E-state index contributed by atoms with van der Waals surface area (Å²) < 4.78 is 5.41. The molecule has 4 nitrogen and oxygen atoms in total. The van der Waals surface area contributed by atoms with Crippen molar-refractivity contribution in [2.24, 2.45) is 0 Å². The molecule has 0 aliphatic rings. The minimum atomic E-state index is -0.415. The molecular weight excluding hydrogens is 408 g/mol. The zero-order valence-corrected chi connectivity index (χ0v) is 20.1. The van der Waals surface area contributed by atoms with Crippen molar-refractivity contribution in [1.29, 1.82) is 0 Å². The zero-order valence-electron chi connectivity index (χ0n) is 20.1. The van der Waals surface area contributed by atoms with E-state index in [0.717, 1.165) is 24.1 Å². The molecule has 1 aromatic heterocycles. The van der Waals surface area contributed by atoms with Gasteiger partial charge in [-0.25, -0.2) is 14.8 Å². The third kappa shape index (κ3) is 8.12. The molecule has 0 aliphatic heterocycles. The van der Waals surface area contributed by atoms with Crippen LogP contribution in [0.25, 0.3) is 11.3 Å². The van der Waals surface area contributed by atoms with Crippen LogP contribution in [0.5, 0.6) is 5.88 Å². The summed E-state index contributed by atoms with van der Waals surface area (Å²) in [4.78, 5) is 21.2. The summed E-state index contributed by atoms with van der Waals surface area (Å²) in [6.45, 7) is 4.45. The summed E-state index contributed by atoms with van der Waals surface area (Å²) in [7, 11) is 0. The van der Waals surface area contributed by atoms with Gasteiger partial charge in [-0.05, 0) is 48.9 Å². The molecule has 3 aromatic rings. The van der Waals surface area contributed by atoms with Gasteiger partial charge in [-0.15, -0.1) is 0 Å². The van der Waals surface area contributed by atoms with Crippen molar-refractivity contribution in [3.8, 4) is 17.1 Å². The predicted molar refractivity (Wildman–Crippen MR) is 135 cm³/mol. The maximum absolute atomic E-state index is 12.5. The lowest BCUT2D eigenvalue weighted by atomic mass is 10.0. The number of aromatic nitrogens is 2. The van der Waals surface area contributed by atoms with Gasteiger partial charge in [0.2, 0.25) is 5.88 Å². The van der Waals surface area contributed by atoms with Crippen LogP contribution in [0.3, 0.4) is 0 Å². The van der Waals surface area contributed by atoms with Crippen LogP contribution in [0, 0.1) is 0 Å². The van der Waals surface area contributed by atoms with Gasteiger partial charge in [-0.2, -0.15) is 0 Å². The van der Waals surface area contributed by atoms with Gasteiger partial charge in [-0.3, -0.25) is 0 Å². The van der Waals surface area contributed by atoms with Gasteiger partial charge in [-0.1, -0.05) is 88.8 Å². The van der Waals surface area contributed by atoms with Gasteiger partial charge in [0, 0.05) is 5.56 Å². The molecular formula is C29H36N2O2. The number of nitrogens with zero attached hydrogens (tertiary/aromatic N) is 2. The Morgan fingerprint density at radius 2 is 1.27 bits per heavy atom. The first-order chi connectivity index (χ1) is 16.2. The van der Waals surface area contributed by atoms with Gasteiger partial charge in [0.1, 0.15) is 0 Å². The molecule has 0 atom stereocenters. The Morgan fingerprint density at radius 1 is 0.697 bits per heavy atom. The van der Waals surface area contributed by atoms with E-state index in [1.165, 1.54) is 68.7 Å². The SMILES string of the molecule is CCCCCCc1ccc(C(=O)Oc2cnc(-c3ccc(CCCCCC)cc3)cn2)cc1. The van der Waals surface area contributed by atoms with E-state index in [1.807, 2.05) is 24.3 Å².